The van der Waals surface area contributed by atoms with Gasteiger partial charge in [0.2, 0.25) is 0 Å². The van der Waals surface area contributed by atoms with Gasteiger partial charge in [-0.25, -0.2) is 0 Å². The highest BCUT2D eigenvalue weighted by Crippen LogP contribution is 2.26. The Morgan fingerprint density at radius 3 is 3.12 bits per heavy atom. The fraction of sp³-hybridized carbons (Fsp3) is 0.727. The molecule has 5 nitrogen and oxygen atoms in total. The van der Waals surface area contributed by atoms with Crippen LogP contribution in [0.5, 0.6) is 0 Å². The third-order valence-corrected chi connectivity index (χ3v) is 3.02. The minimum absolute atomic E-state index is 0.169. The van der Waals surface area contributed by atoms with Gasteiger partial charge in [0.1, 0.15) is 0 Å². The number of hydrogen-bond donors (Lipinski definition) is 2. The third-order valence-electron chi connectivity index (χ3n) is 3.02. The van der Waals surface area contributed by atoms with Crippen molar-refractivity contribution in [2.75, 3.05) is 13.7 Å². The van der Waals surface area contributed by atoms with Crippen molar-refractivity contribution in [3.05, 3.63) is 18.0 Å². The van der Waals surface area contributed by atoms with Crippen LogP contribution in [0.3, 0.4) is 0 Å². The molecule has 16 heavy (non-hydrogen) atoms. The highest BCUT2D eigenvalue weighted by molar-refractivity contribution is 5.01. The Balaban J connectivity index is 1.75. The van der Waals surface area contributed by atoms with Gasteiger partial charge in [-0.1, -0.05) is 0 Å². The van der Waals surface area contributed by atoms with E-state index in [-0.39, 0.29) is 12.2 Å². The monoisotopic (exact) mass is 225 g/mol. The molecule has 1 aromatic rings. The van der Waals surface area contributed by atoms with Gasteiger partial charge in [0.25, 0.3) is 0 Å². The summed E-state index contributed by atoms with van der Waals surface area (Å²) in [7, 11) is 1.74. The second-order valence-electron chi connectivity index (χ2n) is 4.00. The molecule has 1 heterocycles. The van der Waals surface area contributed by atoms with Crippen molar-refractivity contribution in [2.45, 2.75) is 38.1 Å². The minimum Gasteiger partial charge on any atom is -0.377 e. The minimum atomic E-state index is 0.169. The quantitative estimate of drug-likeness (QED) is 0.748. The van der Waals surface area contributed by atoms with Gasteiger partial charge in [-0.05, 0) is 19.4 Å². The van der Waals surface area contributed by atoms with Crippen molar-refractivity contribution < 1.29 is 9.47 Å². The molecule has 3 atom stereocenters. The molecule has 0 radical (unpaired) electrons. The fourth-order valence-corrected chi connectivity index (χ4v) is 2.10. The summed E-state index contributed by atoms with van der Waals surface area (Å²) in [6.45, 7) is 3.55. The van der Waals surface area contributed by atoms with Crippen molar-refractivity contribution in [3.63, 3.8) is 0 Å². The van der Waals surface area contributed by atoms with E-state index < -0.39 is 0 Å². The number of aromatic nitrogens is 2. The molecule has 1 aliphatic rings. The van der Waals surface area contributed by atoms with E-state index in [1.807, 2.05) is 13.0 Å². The summed E-state index contributed by atoms with van der Waals surface area (Å²) >= 11 is 0. The van der Waals surface area contributed by atoms with Gasteiger partial charge in [0.15, 0.2) is 0 Å². The molecule has 0 spiro atoms. The van der Waals surface area contributed by atoms with E-state index in [1.165, 1.54) is 0 Å². The van der Waals surface area contributed by atoms with Crippen LogP contribution in [-0.2, 0) is 16.0 Å². The second kappa shape index (κ2) is 5.43. The summed E-state index contributed by atoms with van der Waals surface area (Å²) in [5.41, 5.74) is 1.09. The summed E-state index contributed by atoms with van der Waals surface area (Å²) in [6, 6.07) is 2.35. The van der Waals surface area contributed by atoms with E-state index in [1.54, 1.807) is 13.3 Å². The van der Waals surface area contributed by atoms with E-state index in [9.17, 15) is 0 Å². The number of rotatable bonds is 6. The van der Waals surface area contributed by atoms with Gasteiger partial charge in [0.05, 0.1) is 12.2 Å². The Morgan fingerprint density at radius 1 is 1.62 bits per heavy atom. The smallest absolute Gasteiger partial charge is 0.0986 e. The van der Waals surface area contributed by atoms with E-state index in [2.05, 4.69) is 15.5 Å². The van der Waals surface area contributed by atoms with Crippen LogP contribution in [0.25, 0.3) is 0 Å². The predicted octanol–water partition coefficient (Wildman–Crippen LogP) is 0.692. The lowest BCUT2D eigenvalue weighted by Gasteiger charge is -2.43. The molecule has 90 valence electrons. The Bertz CT molecular complexity index is 302. The second-order valence-corrected chi connectivity index (χ2v) is 4.00. The molecule has 0 saturated heterocycles. The molecule has 2 rings (SSSR count). The maximum atomic E-state index is 5.56. The topological polar surface area (TPSA) is 59.2 Å². The Morgan fingerprint density at radius 2 is 2.50 bits per heavy atom. The van der Waals surface area contributed by atoms with E-state index in [0.29, 0.717) is 6.04 Å². The Kier molecular flexibility index (Phi) is 3.93. The van der Waals surface area contributed by atoms with Crippen molar-refractivity contribution in [1.82, 2.24) is 15.5 Å². The average Bonchev–Trinajstić information content (AvgIpc) is 2.75. The molecule has 1 aliphatic carbocycles. The summed E-state index contributed by atoms with van der Waals surface area (Å²) in [6.07, 6.45) is 3.19. The van der Waals surface area contributed by atoms with Crippen molar-refractivity contribution in [1.29, 1.82) is 0 Å². The molecular formula is C11H19N3O2. The number of aromatic amines is 1. The number of nitrogens with zero attached hydrogens (tertiary/aromatic N) is 1. The van der Waals surface area contributed by atoms with Gasteiger partial charge in [-0.2, -0.15) is 5.10 Å². The maximum Gasteiger partial charge on any atom is 0.0986 e. The Hall–Kier alpha value is -0.910. The first-order chi connectivity index (χ1) is 7.85. The molecule has 1 fully saturated rings. The highest BCUT2D eigenvalue weighted by atomic mass is 16.5. The van der Waals surface area contributed by atoms with Crippen LogP contribution >= 0.6 is 0 Å². The third kappa shape index (κ3) is 2.42. The molecule has 0 aliphatic heterocycles. The van der Waals surface area contributed by atoms with Gasteiger partial charge in [-0.15, -0.1) is 0 Å². The molecular weight excluding hydrogens is 206 g/mol. The molecule has 0 aromatic carbocycles. The molecule has 3 unspecified atom stereocenters. The molecule has 1 saturated carbocycles. The predicted molar refractivity (Wildman–Crippen MR) is 60.0 cm³/mol. The van der Waals surface area contributed by atoms with Crippen molar-refractivity contribution >= 4 is 0 Å². The number of ether oxygens (including phenoxy) is 2. The van der Waals surface area contributed by atoms with E-state index >= 15 is 0 Å². The standard InChI is InChI=1S/C11H19N3O2/c1-3-16-10-6-9(11(10)15-2)12-7-8-4-5-13-14-8/h4-5,9-12H,3,6-7H2,1-2H3,(H,13,14). The molecule has 0 bridgehead atoms. The SMILES string of the molecule is CCOC1CC(NCc2ccn[nH]2)C1OC. The van der Waals surface area contributed by atoms with Crippen LogP contribution in [0.1, 0.15) is 19.0 Å². The normalized spacial score (nSPS) is 29.0. The van der Waals surface area contributed by atoms with Gasteiger partial charge in [0, 0.05) is 38.2 Å². The zero-order chi connectivity index (χ0) is 11.4. The fourth-order valence-electron chi connectivity index (χ4n) is 2.10. The molecule has 5 heteroatoms. The zero-order valence-electron chi connectivity index (χ0n) is 9.77. The Labute approximate surface area is 95.5 Å². The van der Waals surface area contributed by atoms with Crippen LogP contribution in [0.15, 0.2) is 12.3 Å². The number of hydrogen-bond acceptors (Lipinski definition) is 4. The average molecular weight is 225 g/mol. The van der Waals surface area contributed by atoms with Crippen molar-refractivity contribution in [3.8, 4) is 0 Å². The first-order valence-electron chi connectivity index (χ1n) is 5.71. The highest BCUT2D eigenvalue weighted by Gasteiger charge is 2.41. The van der Waals surface area contributed by atoms with Crippen LogP contribution < -0.4 is 5.32 Å². The lowest BCUT2D eigenvalue weighted by Crippen LogP contribution is -2.59. The lowest BCUT2D eigenvalue weighted by molar-refractivity contribution is -0.131. The molecule has 1 aromatic heterocycles. The zero-order valence-corrected chi connectivity index (χ0v) is 9.77. The summed E-state index contributed by atoms with van der Waals surface area (Å²) in [5, 5.41) is 10.3. The maximum absolute atomic E-state index is 5.56. The summed E-state index contributed by atoms with van der Waals surface area (Å²) < 4.78 is 11.0. The number of methoxy groups -OCH3 is 1. The number of nitrogens with one attached hydrogen (secondary N) is 2. The lowest BCUT2D eigenvalue weighted by atomic mass is 9.85. The number of H-pyrrole nitrogens is 1. The summed E-state index contributed by atoms with van der Waals surface area (Å²) in [5.74, 6) is 0. The molecule has 0 amide bonds. The van der Waals surface area contributed by atoms with Crippen LogP contribution in [-0.4, -0.2) is 42.2 Å². The van der Waals surface area contributed by atoms with E-state index in [0.717, 1.165) is 25.3 Å². The van der Waals surface area contributed by atoms with E-state index in [4.69, 9.17) is 9.47 Å². The first-order valence-corrected chi connectivity index (χ1v) is 5.71. The largest absolute Gasteiger partial charge is 0.377 e. The van der Waals surface area contributed by atoms with Crippen LogP contribution in [0.4, 0.5) is 0 Å². The van der Waals surface area contributed by atoms with Gasteiger partial charge < -0.3 is 14.8 Å². The van der Waals surface area contributed by atoms with Gasteiger partial charge >= 0.3 is 0 Å². The van der Waals surface area contributed by atoms with Crippen LogP contribution in [0, 0.1) is 0 Å². The summed E-state index contributed by atoms with van der Waals surface area (Å²) in [4.78, 5) is 0. The first kappa shape index (κ1) is 11.6. The van der Waals surface area contributed by atoms with Crippen LogP contribution in [0.2, 0.25) is 0 Å². The van der Waals surface area contributed by atoms with Gasteiger partial charge in [-0.3, -0.25) is 5.10 Å². The molecule has 2 N–H and O–H groups in total. The van der Waals surface area contributed by atoms with Crippen molar-refractivity contribution in [2.24, 2.45) is 0 Å².